The number of hydrogen-bond donors (Lipinski definition) is 1. The SMILES string of the molecule is CC[C@@H](C(=O)NCC1(N2CCCC2)CCCC1)n1cccn1. The van der Waals surface area contributed by atoms with Gasteiger partial charge in [0, 0.05) is 24.5 Å². The first kappa shape index (κ1) is 15.5. The van der Waals surface area contributed by atoms with Crippen LogP contribution in [0.1, 0.15) is 57.9 Å². The van der Waals surface area contributed by atoms with Gasteiger partial charge in [-0.3, -0.25) is 14.4 Å². The molecule has 1 N–H and O–H groups in total. The highest BCUT2D eigenvalue weighted by Gasteiger charge is 2.41. The minimum atomic E-state index is -0.188. The highest BCUT2D eigenvalue weighted by Crippen LogP contribution is 2.37. The van der Waals surface area contributed by atoms with Crippen LogP contribution in [0.15, 0.2) is 18.5 Å². The molecule has 5 nitrogen and oxygen atoms in total. The van der Waals surface area contributed by atoms with E-state index in [0.717, 1.165) is 13.0 Å². The van der Waals surface area contributed by atoms with Gasteiger partial charge < -0.3 is 5.32 Å². The summed E-state index contributed by atoms with van der Waals surface area (Å²) in [5, 5.41) is 7.47. The molecule has 2 heterocycles. The lowest BCUT2D eigenvalue weighted by molar-refractivity contribution is -0.125. The molecule has 0 unspecified atom stereocenters. The predicted octanol–water partition coefficient (Wildman–Crippen LogP) is 2.36. The van der Waals surface area contributed by atoms with Gasteiger partial charge in [-0.05, 0) is 51.3 Å². The summed E-state index contributed by atoms with van der Waals surface area (Å²) >= 11 is 0. The van der Waals surface area contributed by atoms with Crippen LogP contribution in [0.3, 0.4) is 0 Å². The highest BCUT2D eigenvalue weighted by atomic mass is 16.2. The molecule has 1 aromatic rings. The van der Waals surface area contributed by atoms with Crippen molar-refractivity contribution in [3.05, 3.63) is 18.5 Å². The third-order valence-corrected chi connectivity index (χ3v) is 5.44. The van der Waals surface area contributed by atoms with Crippen LogP contribution in [0.25, 0.3) is 0 Å². The van der Waals surface area contributed by atoms with Crippen molar-refractivity contribution in [1.29, 1.82) is 0 Å². The lowest BCUT2D eigenvalue weighted by Crippen LogP contribution is -2.53. The molecule has 1 aliphatic heterocycles. The Hall–Kier alpha value is -1.36. The van der Waals surface area contributed by atoms with Crippen LogP contribution >= 0.6 is 0 Å². The van der Waals surface area contributed by atoms with Gasteiger partial charge in [0.05, 0.1) is 0 Å². The van der Waals surface area contributed by atoms with Gasteiger partial charge in [0.1, 0.15) is 6.04 Å². The molecule has 22 heavy (non-hydrogen) atoms. The maximum Gasteiger partial charge on any atom is 0.244 e. The molecular formula is C17H28N4O. The van der Waals surface area contributed by atoms with E-state index in [1.165, 1.54) is 51.6 Å². The van der Waals surface area contributed by atoms with E-state index < -0.39 is 0 Å². The number of hydrogen-bond acceptors (Lipinski definition) is 3. The van der Waals surface area contributed by atoms with Crippen molar-refractivity contribution in [2.24, 2.45) is 0 Å². The van der Waals surface area contributed by atoms with Crippen LogP contribution in [-0.2, 0) is 4.79 Å². The fourth-order valence-corrected chi connectivity index (χ4v) is 4.16. The molecule has 3 rings (SSSR count). The van der Waals surface area contributed by atoms with Crippen LogP contribution in [-0.4, -0.2) is 45.8 Å². The summed E-state index contributed by atoms with van der Waals surface area (Å²) in [6.07, 6.45) is 12.0. The van der Waals surface area contributed by atoms with Crippen LogP contribution in [0, 0.1) is 0 Å². The molecule has 2 fully saturated rings. The first-order valence-corrected chi connectivity index (χ1v) is 8.77. The first-order chi connectivity index (χ1) is 10.7. The Balaban J connectivity index is 1.63. The van der Waals surface area contributed by atoms with E-state index in [9.17, 15) is 4.79 Å². The monoisotopic (exact) mass is 304 g/mol. The third-order valence-electron chi connectivity index (χ3n) is 5.44. The largest absolute Gasteiger partial charge is 0.352 e. The van der Waals surface area contributed by atoms with Gasteiger partial charge in [-0.15, -0.1) is 0 Å². The molecule has 0 spiro atoms. The molecule has 0 bridgehead atoms. The Morgan fingerprint density at radius 3 is 2.59 bits per heavy atom. The number of likely N-dealkylation sites (tertiary alicyclic amines) is 1. The smallest absolute Gasteiger partial charge is 0.244 e. The summed E-state index contributed by atoms with van der Waals surface area (Å²) in [5.74, 6) is 0.108. The molecule has 1 saturated heterocycles. The van der Waals surface area contributed by atoms with E-state index in [1.807, 2.05) is 19.2 Å². The number of rotatable bonds is 6. The average molecular weight is 304 g/mol. The van der Waals surface area contributed by atoms with Gasteiger partial charge in [0.25, 0.3) is 0 Å². The van der Waals surface area contributed by atoms with E-state index in [4.69, 9.17) is 0 Å². The van der Waals surface area contributed by atoms with Crippen molar-refractivity contribution in [2.75, 3.05) is 19.6 Å². The second kappa shape index (κ2) is 6.82. The Morgan fingerprint density at radius 2 is 2.00 bits per heavy atom. The highest BCUT2D eigenvalue weighted by molar-refractivity contribution is 5.80. The first-order valence-electron chi connectivity index (χ1n) is 8.77. The molecule has 1 aliphatic carbocycles. The van der Waals surface area contributed by atoms with Crippen molar-refractivity contribution < 1.29 is 4.79 Å². The van der Waals surface area contributed by atoms with E-state index in [0.29, 0.717) is 0 Å². The molecule has 1 aromatic heterocycles. The summed E-state index contributed by atoms with van der Waals surface area (Å²) in [6, 6.07) is 1.69. The molecule has 1 saturated carbocycles. The fraction of sp³-hybridized carbons (Fsp3) is 0.765. The number of nitrogens with one attached hydrogen (secondary N) is 1. The van der Waals surface area contributed by atoms with Crippen LogP contribution in [0.4, 0.5) is 0 Å². The Labute approximate surface area is 133 Å². The van der Waals surface area contributed by atoms with Crippen LogP contribution in [0.2, 0.25) is 0 Å². The van der Waals surface area contributed by atoms with E-state index >= 15 is 0 Å². The second-order valence-electron chi connectivity index (χ2n) is 6.75. The van der Waals surface area contributed by atoms with Crippen LogP contribution in [0.5, 0.6) is 0 Å². The summed E-state index contributed by atoms with van der Waals surface area (Å²) in [6.45, 7) is 5.24. The molecule has 122 valence electrons. The Kier molecular flexibility index (Phi) is 4.81. The maximum atomic E-state index is 12.6. The lowest BCUT2D eigenvalue weighted by Gasteiger charge is -2.39. The summed E-state index contributed by atoms with van der Waals surface area (Å²) in [5.41, 5.74) is 0.217. The van der Waals surface area contributed by atoms with Gasteiger partial charge in [-0.2, -0.15) is 5.10 Å². The van der Waals surface area contributed by atoms with Gasteiger partial charge in [0.15, 0.2) is 0 Å². The quantitative estimate of drug-likeness (QED) is 0.878. The van der Waals surface area contributed by atoms with Crippen molar-refractivity contribution in [3.8, 4) is 0 Å². The molecule has 5 heteroatoms. The van der Waals surface area contributed by atoms with Gasteiger partial charge in [0.2, 0.25) is 5.91 Å². The van der Waals surface area contributed by atoms with Gasteiger partial charge >= 0.3 is 0 Å². The Bertz CT molecular complexity index is 473. The van der Waals surface area contributed by atoms with Crippen molar-refractivity contribution >= 4 is 5.91 Å². The third kappa shape index (κ3) is 3.05. The molecular weight excluding hydrogens is 276 g/mol. The molecule has 1 amide bonds. The Morgan fingerprint density at radius 1 is 1.27 bits per heavy atom. The van der Waals surface area contributed by atoms with Crippen molar-refractivity contribution in [2.45, 2.75) is 63.5 Å². The second-order valence-corrected chi connectivity index (χ2v) is 6.75. The minimum absolute atomic E-state index is 0.108. The normalized spacial score (nSPS) is 22.8. The number of nitrogens with zero attached hydrogens (tertiary/aromatic N) is 3. The number of aromatic nitrogens is 2. The summed E-state index contributed by atoms with van der Waals surface area (Å²) in [7, 11) is 0. The topological polar surface area (TPSA) is 50.2 Å². The van der Waals surface area contributed by atoms with Gasteiger partial charge in [-0.25, -0.2) is 0 Å². The summed E-state index contributed by atoms with van der Waals surface area (Å²) in [4.78, 5) is 15.2. The summed E-state index contributed by atoms with van der Waals surface area (Å²) < 4.78 is 1.77. The van der Waals surface area contributed by atoms with E-state index in [2.05, 4.69) is 15.3 Å². The standard InChI is InChI=1S/C17H28N4O/c1-2-15(21-13-7-10-19-21)16(22)18-14-17(8-3-4-9-17)20-11-5-6-12-20/h7,10,13,15H,2-6,8-9,11-12,14H2,1H3,(H,18,22)/t15-/m0/s1. The van der Waals surface area contributed by atoms with Crippen molar-refractivity contribution in [3.63, 3.8) is 0 Å². The molecule has 1 atom stereocenters. The average Bonchev–Trinajstić information content (AvgIpc) is 3.27. The van der Waals surface area contributed by atoms with Crippen molar-refractivity contribution in [1.82, 2.24) is 20.0 Å². The van der Waals surface area contributed by atoms with Crippen LogP contribution < -0.4 is 5.32 Å². The molecule has 2 aliphatic rings. The zero-order valence-corrected chi connectivity index (χ0v) is 13.6. The van der Waals surface area contributed by atoms with Gasteiger partial charge in [-0.1, -0.05) is 19.8 Å². The molecule has 0 aromatic carbocycles. The lowest BCUT2D eigenvalue weighted by atomic mass is 9.95. The maximum absolute atomic E-state index is 12.6. The predicted molar refractivity (Wildman–Crippen MR) is 86.6 cm³/mol. The van der Waals surface area contributed by atoms with E-state index in [1.54, 1.807) is 10.9 Å². The number of carbonyl (C=O) groups excluding carboxylic acids is 1. The minimum Gasteiger partial charge on any atom is -0.352 e. The number of amides is 1. The van der Waals surface area contributed by atoms with E-state index in [-0.39, 0.29) is 17.5 Å². The molecule has 0 radical (unpaired) electrons. The zero-order chi connectivity index (χ0) is 15.4. The zero-order valence-electron chi connectivity index (χ0n) is 13.6. The fourth-order valence-electron chi connectivity index (χ4n) is 4.16. The number of carbonyl (C=O) groups is 1.